The number of phenols is 1. The van der Waals surface area contributed by atoms with Crippen LogP contribution in [0.5, 0.6) is 17.2 Å². The second kappa shape index (κ2) is 9.42. The number of nitrogens with one attached hydrogen (secondary N) is 1. The lowest BCUT2D eigenvalue weighted by Crippen LogP contribution is -2.24. The molecule has 1 amide bonds. The van der Waals surface area contributed by atoms with Gasteiger partial charge in [0, 0.05) is 0 Å². The van der Waals surface area contributed by atoms with Crippen LogP contribution in [0.25, 0.3) is 0 Å². The van der Waals surface area contributed by atoms with Crippen LogP contribution >= 0.6 is 22.6 Å². The Hall–Kier alpha value is -2.29. The van der Waals surface area contributed by atoms with Gasteiger partial charge in [0.15, 0.2) is 18.1 Å². The number of aryl methyl sites for hydroxylation is 2. The third-order valence-corrected chi connectivity index (χ3v) is 4.42. The fourth-order valence-corrected chi connectivity index (χ4v) is 2.72. The first-order valence-electron chi connectivity index (χ1n) is 8.08. The van der Waals surface area contributed by atoms with Gasteiger partial charge >= 0.3 is 0 Å². The molecule has 0 saturated carbocycles. The Morgan fingerprint density at radius 3 is 2.69 bits per heavy atom. The van der Waals surface area contributed by atoms with Crippen molar-refractivity contribution in [2.45, 2.75) is 20.8 Å². The van der Waals surface area contributed by atoms with Gasteiger partial charge in [-0.25, -0.2) is 5.43 Å². The van der Waals surface area contributed by atoms with Crippen LogP contribution in [-0.2, 0) is 4.79 Å². The smallest absolute Gasteiger partial charge is 0.277 e. The van der Waals surface area contributed by atoms with Gasteiger partial charge in [-0.05, 0) is 84.3 Å². The van der Waals surface area contributed by atoms with E-state index in [-0.39, 0.29) is 18.3 Å². The third-order valence-electron chi connectivity index (χ3n) is 3.60. The van der Waals surface area contributed by atoms with Gasteiger partial charge in [0.25, 0.3) is 5.91 Å². The molecule has 0 aliphatic rings. The predicted octanol–water partition coefficient (Wildman–Crippen LogP) is 3.54. The molecule has 0 aliphatic carbocycles. The average Bonchev–Trinajstić information content (AvgIpc) is 2.60. The summed E-state index contributed by atoms with van der Waals surface area (Å²) in [6.07, 6.45) is 1.48. The summed E-state index contributed by atoms with van der Waals surface area (Å²) < 4.78 is 11.5. The zero-order chi connectivity index (χ0) is 19.1. The van der Waals surface area contributed by atoms with Gasteiger partial charge in [0.2, 0.25) is 0 Å². The number of carbonyl (C=O) groups excluding carboxylic acids is 1. The first kappa shape index (κ1) is 20.0. The van der Waals surface area contributed by atoms with Gasteiger partial charge in [0.1, 0.15) is 5.75 Å². The molecule has 0 heterocycles. The zero-order valence-electron chi connectivity index (χ0n) is 14.9. The summed E-state index contributed by atoms with van der Waals surface area (Å²) in [7, 11) is 0. The van der Waals surface area contributed by atoms with Crippen molar-refractivity contribution in [1.29, 1.82) is 0 Å². The molecular weight excluding hydrogens is 447 g/mol. The fraction of sp³-hybridized carbons (Fsp3) is 0.263. The van der Waals surface area contributed by atoms with E-state index >= 15 is 0 Å². The van der Waals surface area contributed by atoms with E-state index in [1.807, 2.05) is 61.6 Å². The molecule has 0 aromatic heterocycles. The summed E-state index contributed by atoms with van der Waals surface area (Å²) >= 11 is 2.01. The zero-order valence-corrected chi connectivity index (χ0v) is 17.0. The van der Waals surface area contributed by atoms with Crippen molar-refractivity contribution in [3.63, 3.8) is 0 Å². The maximum absolute atomic E-state index is 11.8. The highest BCUT2D eigenvalue weighted by Gasteiger charge is 2.08. The molecule has 2 rings (SSSR count). The molecule has 0 aliphatic heterocycles. The summed E-state index contributed by atoms with van der Waals surface area (Å²) in [6.45, 7) is 6.15. The molecule has 2 N–H and O–H groups in total. The van der Waals surface area contributed by atoms with E-state index in [0.29, 0.717) is 27.2 Å². The molecule has 2 aromatic rings. The Morgan fingerprint density at radius 2 is 2.00 bits per heavy atom. The van der Waals surface area contributed by atoms with Gasteiger partial charge in [-0.3, -0.25) is 4.79 Å². The highest BCUT2D eigenvalue weighted by Crippen LogP contribution is 2.32. The van der Waals surface area contributed by atoms with Crippen LogP contribution in [0.2, 0.25) is 0 Å². The number of phenolic OH excluding ortho intramolecular Hbond substituents is 1. The summed E-state index contributed by atoms with van der Waals surface area (Å²) in [5.41, 5.74) is 5.39. The van der Waals surface area contributed by atoms with E-state index in [1.54, 1.807) is 12.1 Å². The van der Waals surface area contributed by atoms with Crippen molar-refractivity contribution >= 4 is 34.7 Å². The van der Waals surface area contributed by atoms with E-state index in [4.69, 9.17) is 9.47 Å². The van der Waals surface area contributed by atoms with Crippen molar-refractivity contribution in [2.24, 2.45) is 5.10 Å². The number of benzene rings is 2. The van der Waals surface area contributed by atoms with Crippen molar-refractivity contribution < 1.29 is 19.4 Å². The Balaban J connectivity index is 1.91. The topological polar surface area (TPSA) is 80.2 Å². The molecule has 0 unspecified atom stereocenters. The number of nitrogens with zero attached hydrogens (tertiary/aromatic N) is 1. The molecule has 138 valence electrons. The minimum atomic E-state index is -0.363. The average molecular weight is 468 g/mol. The van der Waals surface area contributed by atoms with Gasteiger partial charge < -0.3 is 14.6 Å². The standard InChI is InChI=1S/C19H21IN2O4/c1-4-25-17-9-14(8-16(20)19(17)24)10-21-22-18(23)11-26-15-6-5-12(2)13(3)7-15/h5-10,24H,4,11H2,1-3H3,(H,22,23). The Labute approximate surface area is 166 Å². The van der Waals surface area contributed by atoms with Crippen LogP contribution in [0.3, 0.4) is 0 Å². The maximum atomic E-state index is 11.8. The quantitative estimate of drug-likeness (QED) is 0.370. The second-order valence-corrected chi connectivity index (χ2v) is 6.77. The lowest BCUT2D eigenvalue weighted by Gasteiger charge is -2.08. The predicted molar refractivity (Wildman–Crippen MR) is 109 cm³/mol. The Morgan fingerprint density at radius 1 is 1.23 bits per heavy atom. The number of ether oxygens (including phenoxy) is 2. The molecule has 6 nitrogen and oxygen atoms in total. The van der Waals surface area contributed by atoms with Gasteiger partial charge in [-0.2, -0.15) is 5.10 Å². The number of hydrogen-bond donors (Lipinski definition) is 2. The normalized spacial score (nSPS) is 10.8. The van der Waals surface area contributed by atoms with Gasteiger partial charge in [-0.1, -0.05) is 6.07 Å². The molecular formula is C19H21IN2O4. The summed E-state index contributed by atoms with van der Waals surface area (Å²) in [6, 6.07) is 9.05. The monoisotopic (exact) mass is 468 g/mol. The summed E-state index contributed by atoms with van der Waals surface area (Å²) in [5, 5.41) is 13.8. The minimum absolute atomic E-state index is 0.0930. The Bertz CT molecular complexity index is 821. The van der Waals surface area contributed by atoms with E-state index in [0.717, 1.165) is 5.56 Å². The van der Waals surface area contributed by atoms with Gasteiger partial charge in [0.05, 0.1) is 16.4 Å². The lowest BCUT2D eigenvalue weighted by molar-refractivity contribution is -0.123. The second-order valence-electron chi connectivity index (χ2n) is 5.61. The van der Waals surface area contributed by atoms with E-state index in [1.165, 1.54) is 11.8 Å². The SMILES string of the molecule is CCOc1cc(C=NNC(=O)COc2ccc(C)c(C)c2)cc(I)c1O. The van der Waals surface area contributed by atoms with E-state index < -0.39 is 0 Å². The first-order chi connectivity index (χ1) is 12.4. The molecule has 7 heteroatoms. The third kappa shape index (κ3) is 5.62. The van der Waals surface area contributed by atoms with Crippen molar-refractivity contribution in [1.82, 2.24) is 5.43 Å². The largest absolute Gasteiger partial charge is 0.504 e. The lowest BCUT2D eigenvalue weighted by atomic mass is 10.1. The Kier molecular flexibility index (Phi) is 7.26. The number of rotatable bonds is 7. The van der Waals surface area contributed by atoms with Crippen LogP contribution in [0.15, 0.2) is 35.4 Å². The molecule has 0 fully saturated rings. The molecule has 2 aromatic carbocycles. The van der Waals surface area contributed by atoms with Crippen molar-refractivity contribution in [3.8, 4) is 17.2 Å². The van der Waals surface area contributed by atoms with E-state index in [9.17, 15) is 9.90 Å². The van der Waals surface area contributed by atoms with Gasteiger partial charge in [-0.15, -0.1) is 0 Å². The van der Waals surface area contributed by atoms with Crippen molar-refractivity contribution in [2.75, 3.05) is 13.2 Å². The van der Waals surface area contributed by atoms with Crippen LogP contribution in [0.4, 0.5) is 0 Å². The molecule has 0 saturated heterocycles. The highest BCUT2D eigenvalue weighted by atomic mass is 127. The molecule has 0 spiro atoms. The van der Waals surface area contributed by atoms with Crippen LogP contribution in [-0.4, -0.2) is 30.4 Å². The van der Waals surface area contributed by atoms with Crippen LogP contribution < -0.4 is 14.9 Å². The number of halogens is 1. The van der Waals surface area contributed by atoms with E-state index in [2.05, 4.69) is 10.5 Å². The van der Waals surface area contributed by atoms with Crippen LogP contribution in [0, 0.1) is 17.4 Å². The number of carbonyl (C=O) groups is 1. The summed E-state index contributed by atoms with van der Waals surface area (Å²) in [4.78, 5) is 11.8. The summed E-state index contributed by atoms with van der Waals surface area (Å²) in [5.74, 6) is 0.750. The minimum Gasteiger partial charge on any atom is -0.504 e. The fourth-order valence-electron chi connectivity index (χ4n) is 2.10. The first-order valence-corrected chi connectivity index (χ1v) is 9.15. The number of hydrogen-bond acceptors (Lipinski definition) is 5. The molecule has 0 atom stereocenters. The number of aromatic hydroxyl groups is 1. The van der Waals surface area contributed by atoms with Crippen molar-refractivity contribution in [3.05, 3.63) is 50.6 Å². The van der Waals surface area contributed by atoms with Crippen LogP contribution in [0.1, 0.15) is 23.6 Å². The highest BCUT2D eigenvalue weighted by molar-refractivity contribution is 14.1. The molecule has 0 radical (unpaired) electrons. The molecule has 26 heavy (non-hydrogen) atoms. The number of amides is 1. The number of hydrazone groups is 1. The maximum Gasteiger partial charge on any atom is 0.277 e. The molecule has 0 bridgehead atoms.